The fraction of sp³-hybridized carbons (Fsp3) is 0.467. The van der Waals surface area contributed by atoms with Crippen LogP contribution in [-0.4, -0.2) is 60.1 Å². The molecule has 7 heteroatoms. The van der Waals surface area contributed by atoms with Crippen LogP contribution in [0.4, 0.5) is 0 Å². The van der Waals surface area contributed by atoms with Crippen molar-refractivity contribution in [3.05, 3.63) is 119 Å². The van der Waals surface area contributed by atoms with Crippen LogP contribution < -0.4 is 18.9 Å². The second-order valence-electron chi connectivity index (χ2n) is 14.9. The number of aliphatic hydroxyl groups excluding tert-OH is 3. The summed E-state index contributed by atoms with van der Waals surface area (Å²) in [5.74, 6) is 2.98. The van der Waals surface area contributed by atoms with Crippen molar-refractivity contribution in [3.63, 3.8) is 0 Å². The van der Waals surface area contributed by atoms with Crippen LogP contribution in [0.2, 0.25) is 0 Å². The van der Waals surface area contributed by atoms with E-state index in [9.17, 15) is 15.3 Å². The highest BCUT2D eigenvalue weighted by Crippen LogP contribution is 2.47. The van der Waals surface area contributed by atoms with Gasteiger partial charge in [-0.25, -0.2) is 0 Å². The highest BCUT2D eigenvalue weighted by Gasteiger charge is 2.37. The third-order valence-electron chi connectivity index (χ3n) is 11.0. The first-order chi connectivity index (χ1) is 25.3. The highest BCUT2D eigenvalue weighted by atomic mass is 16.5. The quantitative estimate of drug-likeness (QED) is 0.107. The molecule has 2 aliphatic rings. The van der Waals surface area contributed by atoms with E-state index in [1.165, 1.54) is 60.8 Å². The van der Waals surface area contributed by atoms with Crippen LogP contribution in [0, 0.1) is 0 Å². The molecule has 0 aliphatic heterocycles. The molecule has 0 heterocycles. The topological polar surface area (TPSA) is 97.6 Å². The Kier molecular flexibility index (Phi) is 12.8. The predicted octanol–water partition coefficient (Wildman–Crippen LogP) is 8.52. The van der Waals surface area contributed by atoms with Crippen LogP contribution in [-0.2, 0) is 10.8 Å². The Bertz CT molecular complexity index is 1640. The summed E-state index contributed by atoms with van der Waals surface area (Å²) < 4.78 is 23.5. The Labute approximate surface area is 309 Å². The van der Waals surface area contributed by atoms with Gasteiger partial charge in [0, 0.05) is 10.8 Å². The average molecular weight is 709 g/mol. The number of benzene rings is 4. The van der Waals surface area contributed by atoms with Crippen LogP contribution in [0.15, 0.2) is 97.1 Å². The summed E-state index contributed by atoms with van der Waals surface area (Å²) in [4.78, 5) is 0. The first kappa shape index (κ1) is 37.7. The van der Waals surface area contributed by atoms with Gasteiger partial charge in [0.2, 0.25) is 0 Å². The van der Waals surface area contributed by atoms with Gasteiger partial charge in [0.05, 0.1) is 12.7 Å². The van der Waals surface area contributed by atoms with Gasteiger partial charge in [0.15, 0.2) is 0 Å². The van der Waals surface area contributed by atoms with Crippen molar-refractivity contribution < 1.29 is 34.3 Å². The maximum atomic E-state index is 10.8. The minimum atomic E-state index is -0.780. The van der Waals surface area contributed by atoms with Gasteiger partial charge in [-0.3, -0.25) is 0 Å². The molecule has 0 amide bonds. The summed E-state index contributed by atoms with van der Waals surface area (Å²) in [6.07, 6.45) is 10.1. The first-order valence-electron chi connectivity index (χ1n) is 19.2. The maximum Gasteiger partial charge on any atom is 0.122 e. The summed E-state index contributed by atoms with van der Waals surface area (Å²) in [7, 11) is 0. The minimum absolute atomic E-state index is 0.0135. The molecular weight excluding hydrogens is 652 g/mol. The van der Waals surface area contributed by atoms with E-state index >= 15 is 0 Å². The molecule has 0 saturated heterocycles. The van der Waals surface area contributed by atoms with Crippen molar-refractivity contribution in [1.29, 1.82) is 0 Å². The second-order valence-corrected chi connectivity index (χ2v) is 14.9. The summed E-state index contributed by atoms with van der Waals surface area (Å²) in [6.45, 7) is 4.12. The van der Waals surface area contributed by atoms with Gasteiger partial charge in [-0.15, -0.1) is 0 Å². The van der Waals surface area contributed by atoms with Gasteiger partial charge < -0.3 is 34.3 Å². The van der Waals surface area contributed by atoms with Crippen LogP contribution in [0.1, 0.15) is 100 Å². The van der Waals surface area contributed by atoms with Crippen LogP contribution in [0.25, 0.3) is 0 Å². The fourth-order valence-electron chi connectivity index (χ4n) is 8.18. The van der Waals surface area contributed by atoms with E-state index < -0.39 is 12.2 Å². The van der Waals surface area contributed by atoms with Gasteiger partial charge in [-0.2, -0.15) is 0 Å². The third kappa shape index (κ3) is 9.11. The lowest BCUT2D eigenvalue weighted by Crippen LogP contribution is -2.30. The smallest absolute Gasteiger partial charge is 0.122 e. The maximum absolute atomic E-state index is 10.8. The summed E-state index contributed by atoms with van der Waals surface area (Å²) >= 11 is 0. The zero-order valence-electron chi connectivity index (χ0n) is 30.8. The Morgan fingerprint density at radius 2 is 0.808 bits per heavy atom. The largest absolute Gasteiger partial charge is 0.491 e. The number of hydrogen-bond acceptors (Lipinski definition) is 7. The summed E-state index contributed by atoms with van der Waals surface area (Å²) in [5.41, 5.74) is 5.01. The third-order valence-corrected chi connectivity index (χ3v) is 11.0. The molecule has 0 radical (unpaired) electrons. The highest BCUT2D eigenvalue weighted by molar-refractivity contribution is 5.45. The van der Waals surface area contributed by atoms with Gasteiger partial charge in [-0.05, 0) is 110 Å². The Morgan fingerprint density at radius 3 is 1.13 bits per heavy atom. The zero-order chi connectivity index (χ0) is 36.4. The summed E-state index contributed by atoms with van der Waals surface area (Å²) in [6, 6.07) is 33.4. The lowest BCUT2D eigenvalue weighted by Gasteiger charge is -2.39. The zero-order valence-corrected chi connectivity index (χ0v) is 30.8. The van der Waals surface area contributed by atoms with Gasteiger partial charge in [0.25, 0.3) is 0 Å². The minimum Gasteiger partial charge on any atom is -0.491 e. The SMILES string of the molecule is CC(O)COc1ccc(C2(c3ccc(OCC(O)COc4ccc(C5(c6ccc(OC(C)CO)cc6)CCCCC5)cc4)cc3)CCCCC2)cc1. The van der Waals surface area contributed by atoms with E-state index in [-0.39, 0.29) is 43.4 Å². The molecule has 4 aromatic rings. The molecule has 3 N–H and O–H groups in total. The standard InChI is InChI=1S/C45H56O7/c1-33(47)30-49-40-17-9-35(10-18-40)44(25-5-3-6-26-44)36-11-19-41(20-12-36)50-31-39(48)32-51-42-21-13-37(14-22-42)45(27-7-4-8-28-45)38-15-23-43(24-16-38)52-34(2)29-46/h9-24,33-34,39,46-48H,3-8,25-32H2,1-2H3. The fourth-order valence-corrected chi connectivity index (χ4v) is 8.18. The molecule has 4 aromatic carbocycles. The van der Waals surface area contributed by atoms with E-state index in [0.29, 0.717) is 0 Å². The van der Waals surface area contributed by atoms with Gasteiger partial charge in [0.1, 0.15) is 55.0 Å². The molecule has 0 spiro atoms. The molecular formula is C45H56O7. The van der Waals surface area contributed by atoms with Crippen molar-refractivity contribution in [2.75, 3.05) is 26.4 Å². The molecule has 7 nitrogen and oxygen atoms in total. The Hall–Kier alpha value is -4.04. The van der Waals surface area contributed by atoms with Crippen molar-refractivity contribution in [2.24, 2.45) is 0 Å². The molecule has 6 rings (SSSR count). The second kappa shape index (κ2) is 17.7. The van der Waals surface area contributed by atoms with Crippen LogP contribution in [0.3, 0.4) is 0 Å². The monoisotopic (exact) mass is 708 g/mol. The van der Waals surface area contributed by atoms with Crippen molar-refractivity contribution in [3.8, 4) is 23.0 Å². The molecule has 3 atom stereocenters. The predicted molar refractivity (Wildman–Crippen MR) is 205 cm³/mol. The van der Waals surface area contributed by atoms with Gasteiger partial charge in [-0.1, -0.05) is 87.1 Å². The average Bonchev–Trinajstić information content (AvgIpc) is 3.19. The Balaban J connectivity index is 1.03. The molecule has 2 saturated carbocycles. The van der Waals surface area contributed by atoms with E-state index in [1.807, 2.05) is 55.5 Å². The van der Waals surface area contributed by atoms with Crippen molar-refractivity contribution in [1.82, 2.24) is 0 Å². The van der Waals surface area contributed by atoms with Crippen molar-refractivity contribution >= 4 is 0 Å². The molecule has 3 unspecified atom stereocenters. The number of aliphatic hydroxyl groups is 3. The van der Waals surface area contributed by atoms with Crippen LogP contribution in [0.5, 0.6) is 23.0 Å². The van der Waals surface area contributed by atoms with E-state index in [1.54, 1.807) is 6.92 Å². The lowest BCUT2D eigenvalue weighted by atomic mass is 9.65. The van der Waals surface area contributed by atoms with Crippen molar-refractivity contribution in [2.45, 2.75) is 107 Å². The molecule has 52 heavy (non-hydrogen) atoms. The normalized spacial score (nSPS) is 18.5. The molecule has 278 valence electrons. The molecule has 2 aliphatic carbocycles. The van der Waals surface area contributed by atoms with E-state index in [4.69, 9.17) is 18.9 Å². The van der Waals surface area contributed by atoms with Crippen LogP contribution >= 0.6 is 0 Å². The van der Waals surface area contributed by atoms with Gasteiger partial charge >= 0.3 is 0 Å². The molecule has 0 bridgehead atoms. The number of hydrogen-bond donors (Lipinski definition) is 3. The number of rotatable bonds is 16. The summed E-state index contributed by atoms with van der Waals surface area (Å²) in [5, 5.41) is 29.7. The number of ether oxygens (including phenoxy) is 4. The first-order valence-corrected chi connectivity index (χ1v) is 19.2. The lowest BCUT2D eigenvalue weighted by molar-refractivity contribution is 0.0626. The van der Waals surface area contributed by atoms with E-state index in [2.05, 4.69) is 48.5 Å². The van der Waals surface area contributed by atoms with E-state index in [0.717, 1.165) is 48.7 Å². The molecule has 0 aromatic heterocycles. The molecule has 2 fully saturated rings. The Morgan fingerprint density at radius 1 is 0.481 bits per heavy atom.